The number of benzene rings is 2. The summed E-state index contributed by atoms with van der Waals surface area (Å²) in [6.07, 6.45) is 0.293. The van der Waals surface area contributed by atoms with Crippen LogP contribution in [0.15, 0.2) is 46.9 Å². The first-order valence-electron chi connectivity index (χ1n) is 10.3. The maximum absolute atomic E-state index is 13.0. The minimum atomic E-state index is -0.270. The number of fused-ring (bicyclic) bond motifs is 1. The van der Waals surface area contributed by atoms with E-state index in [-0.39, 0.29) is 17.9 Å². The van der Waals surface area contributed by atoms with Crippen LogP contribution < -0.4 is 24.2 Å². The summed E-state index contributed by atoms with van der Waals surface area (Å²) < 4.78 is 11.8. The smallest absolute Gasteiger partial charge is 0.292 e. The number of piperazine rings is 1. The fourth-order valence-electron chi connectivity index (χ4n) is 4.60. The fourth-order valence-corrected chi connectivity index (χ4v) is 4.87. The standard InChI is InChI=1S/C22H22BrN3O4/c23-16-2-4-17(5-3-16)26-21(27)12-18(22(26)28)25-9-7-24(8-10-25)13-15-1-6-19-20(11-15)30-14-29-19/h1-6,11,18H,7-10,12-14H2/p+2/t18-/m0/s1. The van der Waals surface area contributed by atoms with Crippen molar-refractivity contribution in [1.29, 1.82) is 0 Å². The summed E-state index contributed by atoms with van der Waals surface area (Å²) in [4.78, 5) is 29.7. The number of hydrogen-bond acceptors (Lipinski definition) is 4. The third-order valence-corrected chi connectivity index (χ3v) is 6.74. The van der Waals surface area contributed by atoms with Gasteiger partial charge >= 0.3 is 0 Å². The van der Waals surface area contributed by atoms with Crippen molar-refractivity contribution in [1.82, 2.24) is 0 Å². The molecule has 0 bridgehead atoms. The van der Waals surface area contributed by atoms with Gasteiger partial charge < -0.3 is 19.3 Å². The van der Waals surface area contributed by atoms with Crippen molar-refractivity contribution in [2.75, 3.05) is 37.9 Å². The van der Waals surface area contributed by atoms with Gasteiger partial charge in [-0.2, -0.15) is 0 Å². The van der Waals surface area contributed by atoms with Gasteiger partial charge in [0.15, 0.2) is 17.5 Å². The van der Waals surface area contributed by atoms with Crippen molar-refractivity contribution in [2.24, 2.45) is 0 Å². The van der Waals surface area contributed by atoms with Crippen molar-refractivity contribution in [3.8, 4) is 11.5 Å². The molecule has 2 saturated heterocycles. The molecule has 0 aromatic heterocycles. The van der Waals surface area contributed by atoms with Gasteiger partial charge in [0.1, 0.15) is 32.7 Å². The number of imide groups is 1. The Balaban J connectivity index is 1.20. The molecule has 0 unspecified atom stereocenters. The van der Waals surface area contributed by atoms with Crippen LogP contribution in [0.5, 0.6) is 11.5 Å². The van der Waals surface area contributed by atoms with E-state index in [0.29, 0.717) is 18.9 Å². The van der Waals surface area contributed by atoms with E-state index in [4.69, 9.17) is 9.47 Å². The van der Waals surface area contributed by atoms with E-state index in [1.165, 1.54) is 20.3 Å². The molecular formula is C22H24BrN3O4+2. The third kappa shape index (κ3) is 3.71. The van der Waals surface area contributed by atoms with Crippen LogP contribution in [-0.4, -0.2) is 50.8 Å². The monoisotopic (exact) mass is 473 g/mol. The highest BCUT2D eigenvalue weighted by Crippen LogP contribution is 2.32. The quantitative estimate of drug-likeness (QED) is 0.603. The van der Waals surface area contributed by atoms with Crippen molar-refractivity contribution in [2.45, 2.75) is 19.0 Å². The van der Waals surface area contributed by atoms with Gasteiger partial charge in [-0.25, -0.2) is 4.90 Å². The Hall–Kier alpha value is -2.42. The van der Waals surface area contributed by atoms with Gasteiger partial charge in [-0.1, -0.05) is 15.9 Å². The van der Waals surface area contributed by atoms with Crippen molar-refractivity contribution >= 4 is 33.4 Å². The van der Waals surface area contributed by atoms with Crippen molar-refractivity contribution in [3.63, 3.8) is 0 Å². The number of quaternary nitrogens is 2. The Labute approximate surface area is 183 Å². The Kier molecular flexibility index (Phi) is 5.22. The predicted molar refractivity (Wildman–Crippen MR) is 113 cm³/mol. The van der Waals surface area contributed by atoms with Crippen LogP contribution in [0.4, 0.5) is 5.69 Å². The van der Waals surface area contributed by atoms with Crippen LogP contribution in [0.2, 0.25) is 0 Å². The Morgan fingerprint density at radius 1 is 0.967 bits per heavy atom. The topological polar surface area (TPSA) is 64.7 Å². The van der Waals surface area contributed by atoms with E-state index < -0.39 is 0 Å². The molecule has 5 rings (SSSR count). The summed E-state index contributed by atoms with van der Waals surface area (Å²) in [5.74, 6) is 1.45. The zero-order valence-corrected chi connectivity index (χ0v) is 18.1. The van der Waals surface area contributed by atoms with Crippen molar-refractivity contribution < 1.29 is 28.9 Å². The van der Waals surface area contributed by atoms with Crippen LogP contribution in [-0.2, 0) is 16.1 Å². The van der Waals surface area contributed by atoms with E-state index in [1.807, 2.05) is 30.3 Å². The lowest BCUT2D eigenvalue weighted by molar-refractivity contribution is -1.02. The number of nitrogens with zero attached hydrogens (tertiary/aromatic N) is 1. The normalized spacial score (nSPS) is 25.8. The number of ether oxygens (including phenoxy) is 2. The molecule has 1 atom stereocenters. The number of carbonyl (C=O) groups excluding carboxylic acids is 2. The van der Waals surface area contributed by atoms with Crippen LogP contribution in [0.1, 0.15) is 12.0 Å². The van der Waals surface area contributed by atoms with Crippen molar-refractivity contribution in [3.05, 3.63) is 52.5 Å². The van der Waals surface area contributed by atoms with E-state index in [1.54, 1.807) is 0 Å². The second-order valence-electron chi connectivity index (χ2n) is 8.07. The minimum Gasteiger partial charge on any atom is -0.454 e. The van der Waals surface area contributed by atoms with Gasteiger partial charge in [0.2, 0.25) is 12.7 Å². The van der Waals surface area contributed by atoms with E-state index in [0.717, 1.165) is 48.7 Å². The van der Waals surface area contributed by atoms with Crippen LogP contribution in [0.25, 0.3) is 0 Å². The molecule has 2 N–H and O–H groups in total. The summed E-state index contributed by atoms with van der Waals surface area (Å²) in [7, 11) is 0. The van der Waals surface area contributed by atoms with Crippen LogP contribution in [0.3, 0.4) is 0 Å². The fraction of sp³-hybridized carbons (Fsp3) is 0.364. The number of rotatable bonds is 4. The molecule has 156 valence electrons. The van der Waals surface area contributed by atoms with Gasteiger partial charge in [0.25, 0.3) is 5.91 Å². The highest BCUT2D eigenvalue weighted by molar-refractivity contribution is 9.10. The maximum atomic E-state index is 13.0. The molecule has 2 amide bonds. The summed E-state index contributed by atoms with van der Waals surface area (Å²) >= 11 is 3.39. The molecule has 30 heavy (non-hydrogen) atoms. The molecule has 7 nitrogen and oxygen atoms in total. The molecule has 3 aliphatic rings. The second kappa shape index (κ2) is 8.02. The van der Waals surface area contributed by atoms with E-state index in [9.17, 15) is 9.59 Å². The molecular weight excluding hydrogens is 450 g/mol. The molecule has 0 spiro atoms. The van der Waals surface area contributed by atoms with E-state index >= 15 is 0 Å². The highest BCUT2D eigenvalue weighted by atomic mass is 79.9. The number of nitrogens with one attached hydrogen (secondary N) is 2. The lowest BCUT2D eigenvalue weighted by atomic mass is 10.1. The Morgan fingerprint density at radius 2 is 1.70 bits per heavy atom. The summed E-state index contributed by atoms with van der Waals surface area (Å²) in [6.45, 7) is 4.93. The number of carbonyl (C=O) groups is 2. The summed E-state index contributed by atoms with van der Waals surface area (Å²) in [5.41, 5.74) is 1.88. The summed E-state index contributed by atoms with van der Waals surface area (Å²) in [6, 6.07) is 13.2. The maximum Gasteiger partial charge on any atom is 0.292 e. The zero-order chi connectivity index (χ0) is 20.7. The minimum absolute atomic E-state index is 0.0726. The number of hydrogen-bond donors (Lipinski definition) is 2. The predicted octanol–water partition coefficient (Wildman–Crippen LogP) is -0.207. The lowest BCUT2D eigenvalue weighted by Crippen LogP contribution is -3.29. The molecule has 2 fully saturated rings. The zero-order valence-electron chi connectivity index (χ0n) is 16.5. The Morgan fingerprint density at radius 3 is 2.47 bits per heavy atom. The number of anilines is 1. The van der Waals surface area contributed by atoms with Gasteiger partial charge in [-0.05, 0) is 42.5 Å². The van der Waals surface area contributed by atoms with Gasteiger partial charge in [0, 0.05) is 10.0 Å². The molecule has 3 heterocycles. The molecule has 0 radical (unpaired) electrons. The third-order valence-electron chi connectivity index (χ3n) is 6.21. The summed E-state index contributed by atoms with van der Waals surface area (Å²) in [5, 5.41) is 0. The SMILES string of the molecule is O=C1C[C@H]([NH+]2CC[NH+](Cc3ccc4c(c3)OCO4)CC2)C(=O)N1c1ccc(Br)cc1. The van der Waals surface area contributed by atoms with Gasteiger partial charge in [-0.15, -0.1) is 0 Å². The molecule has 0 aliphatic carbocycles. The van der Waals surface area contributed by atoms with Crippen LogP contribution >= 0.6 is 15.9 Å². The molecule has 3 aliphatic heterocycles. The first kappa shape index (κ1) is 19.5. The number of halogens is 1. The first-order chi connectivity index (χ1) is 14.6. The number of amides is 2. The largest absolute Gasteiger partial charge is 0.454 e. The Bertz CT molecular complexity index is 973. The average Bonchev–Trinajstić information content (AvgIpc) is 3.33. The second-order valence-corrected chi connectivity index (χ2v) is 8.99. The molecule has 2 aromatic carbocycles. The van der Waals surface area contributed by atoms with Gasteiger partial charge in [-0.3, -0.25) is 9.59 Å². The molecule has 2 aromatic rings. The van der Waals surface area contributed by atoms with E-state index in [2.05, 4.69) is 28.1 Å². The molecule has 0 saturated carbocycles. The lowest BCUT2D eigenvalue weighted by Gasteiger charge is -2.32. The average molecular weight is 474 g/mol. The molecule has 8 heteroatoms. The van der Waals surface area contributed by atoms with Gasteiger partial charge in [0.05, 0.1) is 12.1 Å². The highest BCUT2D eigenvalue weighted by Gasteiger charge is 2.46. The van der Waals surface area contributed by atoms with Crippen LogP contribution in [0, 0.1) is 0 Å². The first-order valence-corrected chi connectivity index (χ1v) is 11.1.